The van der Waals surface area contributed by atoms with E-state index in [9.17, 15) is 9.00 Å². The zero-order valence-corrected chi connectivity index (χ0v) is 10.5. The predicted molar refractivity (Wildman–Crippen MR) is 65.8 cm³/mol. The SMILES string of the molecule is CCCOCCS(=O)c1ccccc1C(=O)O. The standard InChI is InChI=1S/C12H16O4S/c1-2-7-16-8-9-17(15)11-6-4-3-5-10(11)12(13)14/h3-6H,2,7-9H2,1H3,(H,13,14). The van der Waals surface area contributed by atoms with Crippen molar-refractivity contribution in [3.05, 3.63) is 29.8 Å². The van der Waals surface area contributed by atoms with Crippen molar-refractivity contribution in [3.8, 4) is 0 Å². The second-order valence-corrected chi connectivity index (χ2v) is 5.00. The largest absolute Gasteiger partial charge is 0.478 e. The van der Waals surface area contributed by atoms with Crippen molar-refractivity contribution in [2.45, 2.75) is 18.2 Å². The van der Waals surface area contributed by atoms with Gasteiger partial charge in [-0.05, 0) is 18.6 Å². The van der Waals surface area contributed by atoms with Gasteiger partial charge in [0.05, 0.1) is 33.6 Å². The summed E-state index contributed by atoms with van der Waals surface area (Å²) in [4.78, 5) is 11.3. The summed E-state index contributed by atoms with van der Waals surface area (Å²) in [5.41, 5.74) is 0.0984. The molecule has 17 heavy (non-hydrogen) atoms. The lowest BCUT2D eigenvalue weighted by molar-refractivity contribution is 0.0693. The summed E-state index contributed by atoms with van der Waals surface area (Å²) >= 11 is 0. The van der Waals surface area contributed by atoms with Gasteiger partial charge in [-0.2, -0.15) is 0 Å². The van der Waals surface area contributed by atoms with Crippen LogP contribution in [-0.4, -0.2) is 34.3 Å². The number of carboxylic acids is 1. The molecule has 4 nitrogen and oxygen atoms in total. The van der Waals surface area contributed by atoms with Crippen LogP contribution in [0.1, 0.15) is 23.7 Å². The molecule has 0 aliphatic heterocycles. The zero-order chi connectivity index (χ0) is 12.7. The van der Waals surface area contributed by atoms with E-state index in [-0.39, 0.29) is 5.56 Å². The Kier molecular flexibility index (Phi) is 5.86. The van der Waals surface area contributed by atoms with Crippen molar-refractivity contribution in [1.82, 2.24) is 0 Å². The number of aromatic carboxylic acids is 1. The van der Waals surface area contributed by atoms with Gasteiger partial charge in [-0.15, -0.1) is 0 Å². The smallest absolute Gasteiger partial charge is 0.336 e. The van der Waals surface area contributed by atoms with Crippen LogP contribution in [0.5, 0.6) is 0 Å². The molecule has 0 saturated heterocycles. The molecule has 1 atom stereocenters. The van der Waals surface area contributed by atoms with E-state index in [2.05, 4.69) is 0 Å². The first kappa shape index (κ1) is 13.9. The van der Waals surface area contributed by atoms with Crippen molar-refractivity contribution in [2.75, 3.05) is 19.0 Å². The Morgan fingerprint density at radius 3 is 2.71 bits per heavy atom. The fraction of sp³-hybridized carbons (Fsp3) is 0.417. The van der Waals surface area contributed by atoms with Gasteiger partial charge in [-0.3, -0.25) is 4.21 Å². The lowest BCUT2D eigenvalue weighted by Crippen LogP contribution is -2.10. The number of carboxylic acid groups (broad SMARTS) is 1. The molecule has 1 N–H and O–H groups in total. The molecule has 0 amide bonds. The molecule has 1 aromatic carbocycles. The van der Waals surface area contributed by atoms with Gasteiger partial charge in [0, 0.05) is 6.61 Å². The average Bonchev–Trinajstić information content (AvgIpc) is 2.34. The maximum absolute atomic E-state index is 11.9. The lowest BCUT2D eigenvalue weighted by Gasteiger charge is -2.06. The number of ether oxygens (including phenoxy) is 1. The molecule has 1 unspecified atom stereocenters. The molecule has 0 heterocycles. The highest BCUT2D eigenvalue weighted by molar-refractivity contribution is 7.85. The van der Waals surface area contributed by atoms with E-state index < -0.39 is 16.8 Å². The van der Waals surface area contributed by atoms with Crippen LogP contribution in [0.2, 0.25) is 0 Å². The molecule has 1 aromatic rings. The fourth-order valence-electron chi connectivity index (χ4n) is 1.33. The van der Waals surface area contributed by atoms with Gasteiger partial charge in [0.25, 0.3) is 0 Å². The molecule has 5 heteroatoms. The first-order chi connectivity index (χ1) is 8.16. The third-order valence-corrected chi connectivity index (χ3v) is 3.51. The molecule has 0 spiro atoms. The van der Waals surface area contributed by atoms with E-state index in [1.54, 1.807) is 18.2 Å². The molecule has 94 valence electrons. The average molecular weight is 256 g/mol. The maximum atomic E-state index is 11.9. The van der Waals surface area contributed by atoms with Crippen molar-refractivity contribution in [2.24, 2.45) is 0 Å². The Labute approximate surface area is 103 Å². The Bertz CT molecular complexity index is 403. The van der Waals surface area contributed by atoms with Crippen molar-refractivity contribution in [3.63, 3.8) is 0 Å². The Morgan fingerprint density at radius 2 is 2.06 bits per heavy atom. The first-order valence-corrected chi connectivity index (χ1v) is 6.77. The number of carbonyl (C=O) groups is 1. The Hall–Kier alpha value is -1.20. The van der Waals surface area contributed by atoms with Crippen LogP contribution in [0.4, 0.5) is 0 Å². The lowest BCUT2D eigenvalue weighted by atomic mass is 10.2. The topological polar surface area (TPSA) is 63.6 Å². The number of hydrogen-bond acceptors (Lipinski definition) is 3. The monoisotopic (exact) mass is 256 g/mol. The highest BCUT2D eigenvalue weighted by Crippen LogP contribution is 2.13. The van der Waals surface area contributed by atoms with E-state index in [0.717, 1.165) is 6.42 Å². The summed E-state index contributed by atoms with van der Waals surface area (Å²) < 4.78 is 17.1. The van der Waals surface area contributed by atoms with Gasteiger partial charge in [-0.25, -0.2) is 4.79 Å². The summed E-state index contributed by atoms with van der Waals surface area (Å²) in [5.74, 6) is -0.729. The van der Waals surface area contributed by atoms with Crippen LogP contribution in [0, 0.1) is 0 Å². The Morgan fingerprint density at radius 1 is 1.35 bits per heavy atom. The third-order valence-electron chi connectivity index (χ3n) is 2.12. The van der Waals surface area contributed by atoms with Gasteiger partial charge in [0.15, 0.2) is 0 Å². The predicted octanol–water partition coefficient (Wildman–Crippen LogP) is 1.92. The van der Waals surface area contributed by atoms with Crippen LogP contribution in [0.3, 0.4) is 0 Å². The van der Waals surface area contributed by atoms with Gasteiger partial charge in [0.1, 0.15) is 0 Å². The molecule has 0 aromatic heterocycles. The van der Waals surface area contributed by atoms with Crippen molar-refractivity contribution in [1.29, 1.82) is 0 Å². The molecular formula is C12H16O4S. The van der Waals surface area contributed by atoms with E-state index in [1.807, 2.05) is 6.92 Å². The quantitative estimate of drug-likeness (QED) is 0.757. The minimum atomic E-state index is -1.32. The summed E-state index contributed by atoms with van der Waals surface area (Å²) in [6, 6.07) is 6.35. The summed E-state index contributed by atoms with van der Waals surface area (Å²) in [5, 5.41) is 8.96. The molecule has 0 bridgehead atoms. The minimum absolute atomic E-state index is 0.0984. The molecule has 0 aliphatic rings. The molecule has 0 fully saturated rings. The molecule has 0 aliphatic carbocycles. The van der Waals surface area contributed by atoms with Crippen LogP contribution in [0.15, 0.2) is 29.2 Å². The summed E-state index contributed by atoms with van der Waals surface area (Å²) in [6.45, 7) is 3.02. The number of benzene rings is 1. The number of hydrogen-bond donors (Lipinski definition) is 1. The summed E-state index contributed by atoms with van der Waals surface area (Å²) in [6.07, 6.45) is 0.915. The minimum Gasteiger partial charge on any atom is -0.478 e. The van der Waals surface area contributed by atoms with Gasteiger partial charge in [0.2, 0.25) is 0 Å². The number of rotatable bonds is 7. The van der Waals surface area contributed by atoms with Crippen LogP contribution in [-0.2, 0) is 15.5 Å². The third kappa shape index (κ3) is 4.28. The second kappa shape index (κ2) is 7.19. The highest BCUT2D eigenvalue weighted by atomic mass is 32.2. The highest BCUT2D eigenvalue weighted by Gasteiger charge is 2.14. The second-order valence-electron chi connectivity index (χ2n) is 3.46. The molecule has 1 rings (SSSR count). The van der Waals surface area contributed by atoms with Crippen molar-refractivity contribution >= 4 is 16.8 Å². The van der Waals surface area contributed by atoms with E-state index in [4.69, 9.17) is 9.84 Å². The van der Waals surface area contributed by atoms with Gasteiger partial charge < -0.3 is 9.84 Å². The zero-order valence-electron chi connectivity index (χ0n) is 9.72. The van der Waals surface area contributed by atoms with Crippen molar-refractivity contribution < 1.29 is 18.8 Å². The van der Waals surface area contributed by atoms with E-state index >= 15 is 0 Å². The summed E-state index contributed by atoms with van der Waals surface area (Å²) in [7, 11) is -1.32. The van der Waals surface area contributed by atoms with Crippen LogP contribution >= 0.6 is 0 Å². The maximum Gasteiger partial charge on any atom is 0.336 e. The normalized spacial score (nSPS) is 12.3. The fourth-order valence-corrected chi connectivity index (χ4v) is 2.45. The first-order valence-electron chi connectivity index (χ1n) is 5.45. The molecule has 0 radical (unpaired) electrons. The van der Waals surface area contributed by atoms with E-state index in [0.29, 0.717) is 23.9 Å². The molecular weight excluding hydrogens is 240 g/mol. The van der Waals surface area contributed by atoms with Gasteiger partial charge in [-0.1, -0.05) is 19.1 Å². The van der Waals surface area contributed by atoms with Crippen LogP contribution < -0.4 is 0 Å². The Balaban J connectivity index is 2.65. The van der Waals surface area contributed by atoms with Crippen LogP contribution in [0.25, 0.3) is 0 Å². The van der Waals surface area contributed by atoms with E-state index in [1.165, 1.54) is 6.07 Å². The molecule has 0 saturated carbocycles. The van der Waals surface area contributed by atoms with Gasteiger partial charge >= 0.3 is 5.97 Å².